The maximum Gasteiger partial charge on any atom is 0.230 e. The number of amides is 1. The number of H-pyrrole nitrogens is 1. The van der Waals surface area contributed by atoms with Crippen molar-refractivity contribution in [2.24, 2.45) is 11.8 Å². The van der Waals surface area contributed by atoms with Crippen LogP contribution in [0.1, 0.15) is 31.2 Å². The second-order valence-electron chi connectivity index (χ2n) is 6.97. The minimum Gasteiger partial charge on any atom is -0.352 e. The first-order chi connectivity index (χ1) is 11.7. The third kappa shape index (κ3) is 3.34. The van der Waals surface area contributed by atoms with Gasteiger partial charge in [-0.3, -0.25) is 9.89 Å². The van der Waals surface area contributed by atoms with E-state index < -0.39 is 0 Å². The number of thioether (sulfide) groups is 1. The van der Waals surface area contributed by atoms with Crippen LogP contribution in [-0.4, -0.2) is 32.9 Å². The Kier molecular flexibility index (Phi) is 4.31. The molecule has 1 aromatic carbocycles. The molecule has 4 rings (SSSR count). The molecule has 24 heavy (non-hydrogen) atoms. The van der Waals surface area contributed by atoms with Crippen LogP contribution in [0.4, 0.5) is 0 Å². The van der Waals surface area contributed by atoms with Gasteiger partial charge in [0.15, 0.2) is 5.82 Å². The summed E-state index contributed by atoms with van der Waals surface area (Å²) in [5, 5.41) is 11.0. The SMILES string of the molecule is Cc1cccc(-c2nc(SCC(=O)N[C@@H]3C[C@H]4CC[C@H]3C4)n[nH]2)c1. The van der Waals surface area contributed by atoms with Crippen molar-refractivity contribution >= 4 is 17.7 Å². The molecule has 2 bridgehead atoms. The van der Waals surface area contributed by atoms with E-state index >= 15 is 0 Å². The number of aromatic amines is 1. The first-order valence-electron chi connectivity index (χ1n) is 8.59. The molecule has 2 aliphatic carbocycles. The van der Waals surface area contributed by atoms with E-state index in [1.54, 1.807) is 0 Å². The van der Waals surface area contributed by atoms with E-state index in [1.165, 1.54) is 43.0 Å². The van der Waals surface area contributed by atoms with Crippen molar-refractivity contribution in [3.05, 3.63) is 29.8 Å². The smallest absolute Gasteiger partial charge is 0.230 e. The largest absolute Gasteiger partial charge is 0.352 e. The van der Waals surface area contributed by atoms with E-state index in [0.29, 0.717) is 22.9 Å². The van der Waals surface area contributed by atoms with Crippen LogP contribution in [0.2, 0.25) is 0 Å². The van der Waals surface area contributed by atoms with Crippen molar-refractivity contribution < 1.29 is 4.79 Å². The molecule has 0 aliphatic heterocycles. The van der Waals surface area contributed by atoms with Gasteiger partial charge in [-0.1, -0.05) is 41.9 Å². The molecule has 3 atom stereocenters. The second kappa shape index (κ2) is 6.59. The lowest BCUT2D eigenvalue weighted by atomic mass is 9.95. The van der Waals surface area contributed by atoms with Gasteiger partial charge in [0, 0.05) is 11.6 Å². The topological polar surface area (TPSA) is 70.7 Å². The Bertz CT molecular complexity index is 744. The monoisotopic (exact) mass is 342 g/mol. The molecule has 1 heterocycles. The first-order valence-corrected chi connectivity index (χ1v) is 9.57. The van der Waals surface area contributed by atoms with Gasteiger partial charge in [0.05, 0.1) is 5.75 Å². The van der Waals surface area contributed by atoms with Gasteiger partial charge >= 0.3 is 0 Å². The number of hydrogen-bond donors (Lipinski definition) is 2. The number of benzene rings is 1. The lowest BCUT2D eigenvalue weighted by Crippen LogP contribution is -2.39. The van der Waals surface area contributed by atoms with Crippen molar-refractivity contribution in [2.75, 3.05) is 5.75 Å². The Morgan fingerprint density at radius 2 is 2.29 bits per heavy atom. The summed E-state index contributed by atoms with van der Waals surface area (Å²) in [6.07, 6.45) is 5.10. The fourth-order valence-corrected chi connectivity index (χ4v) is 4.64. The van der Waals surface area contributed by atoms with Crippen LogP contribution in [0.15, 0.2) is 29.4 Å². The average Bonchev–Trinajstić information content (AvgIpc) is 3.29. The second-order valence-corrected chi connectivity index (χ2v) is 7.92. The third-order valence-corrected chi connectivity index (χ3v) is 6.02. The molecule has 0 spiro atoms. The molecule has 2 aliphatic rings. The quantitative estimate of drug-likeness (QED) is 0.819. The molecule has 0 radical (unpaired) electrons. The van der Waals surface area contributed by atoms with Gasteiger partial charge in [-0.2, -0.15) is 0 Å². The van der Waals surface area contributed by atoms with Gasteiger partial charge in [-0.15, -0.1) is 5.10 Å². The highest BCUT2D eigenvalue weighted by Crippen LogP contribution is 2.44. The molecule has 6 heteroatoms. The fraction of sp³-hybridized carbons (Fsp3) is 0.500. The Morgan fingerprint density at radius 1 is 1.38 bits per heavy atom. The van der Waals surface area contributed by atoms with Crippen LogP contribution in [-0.2, 0) is 4.79 Å². The molecule has 1 amide bonds. The van der Waals surface area contributed by atoms with Gasteiger partial charge in [0.25, 0.3) is 0 Å². The third-order valence-electron chi connectivity index (χ3n) is 5.17. The van der Waals surface area contributed by atoms with E-state index in [0.717, 1.165) is 17.3 Å². The molecular formula is C18H22N4OS. The maximum absolute atomic E-state index is 12.2. The predicted molar refractivity (Wildman–Crippen MR) is 94.7 cm³/mol. The van der Waals surface area contributed by atoms with Crippen molar-refractivity contribution in [1.29, 1.82) is 0 Å². The average molecular weight is 342 g/mol. The zero-order valence-electron chi connectivity index (χ0n) is 13.8. The molecular weight excluding hydrogens is 320 g/mol. The van der Waals surface area contributed by atoms with Crippen molar-refractivity contribution in [1.82, 2.24) is 20.5 Å². The van der Waals surface area contributed by atoms with Crippen LogP contribution < -0.4 is 5.32 Å². The van der Waals surface area contributed by atoms with Crippen molar-refractivity contribution in [3.8, 4) is 11.4 Å². The molecule has 2 fully saturated rings. The maximum atomic E-state index is 12.2. The van der Waals surface area contributed by atoms with E-state index in [9.17, 15) is 4.79 Å². The van der Waals surface area contributed by atoms with Crippen LogP contribution in [0.3, 0.4) is 0 Å². The normalized spacial score (nSPS) is 25.1. The Hall–Kier alpha value is -1.82. The van der Waals surface area contributed by atoms with Crippen LogP contribution >= 0.6 is 11.8 Å². The summed E-state index contributed by atoms with van der Waals surface area (Å²) >= 11 is 1.39. The number of nitrogens with one attached hydrogen (secondary N) is 2. The van der Waals surface area contributed by atoms with Crippen molar-refractivity contribution in [2.45, 2.75) is 43.8 Å². The Morgan fingerprint density at radius 3 is 3.04 bits per heavy atom. The highest BCUT2D eigenvalue weighted by atomic mass is 32.2. The van der Waals surface area contributed by atoms with E-state index in [1.807, 2.05) is 12.1 Å². The van der Waals surface area contributed by atoms with Crippen molar-refractivity contribution in [3.63, 3.8) is 0 Å². The van der Waals surface area contributed by atoms with E-state index in [-0.39, 0.29) is 5.91 Å². The van der Waals surface area contributed by atoms with Gasteiger partial charge < -0.3 is 5.32 Å². The molecule has 0 unspecified atom stereocenters. The lowest BCUT2D eigenvalue weighted by Gasteiger charge is -2.22. The van der Waals surface area contributed by atoms with E-state index in [4.69, 9.17) is 0 Å². The summed E-state index contributed by atoms with van der Waals surface area (Å²) in [5.74, 6) is 2.77. The highest BCUT2D eigenvalue weighted by Gasteiger charge is 2.39. The molecule has 0 saturated heterocycles. The summed E-state index contributed by atoms with van der Waals surface area (Å²) < 4.78 is 0. The minimum atomic E-state index is 0.0967. The number of carbonyl (C=O) groups excluding carboxylic acids is 1. The summed E-state index contributed by atoms with van der Waals surface area (Å²) in [5.41, 5.74) is 2.20. The van der Waals surface area contributed by atoms with Gasteiger partial charge in [0.1, 0.15) is 0 Å². The number of hydrogen-bond acceptors (Lipinski definition) is 4. The molecule has 5 nitrogen and oxygen atoms in total. The van der Waals surface area contributed by atoms with E-state index in [2.05, 4.69) is 39.6 Å². The number of carbonyl (C=O) groups is 1. The zero-order valence-corrected chi connectivity index (χ0v) is 14.6. The molecule has 2 aromatic rings. The van der Waals surface area contributed by atoms with Gasteiger partial charge in [-0.05, 0) is 44.1 Å². The number of rotatable bonds is 5. The van der Waals surface area contributed by atoms with Crippen LogP contribution in [0.5, 0.6) is 0 Å². The number of aromatic nitrogens is 3. The number of fused-ring (bicyclic) bond motifs is 2. The first kappa shape index (κ1) is 15.7. The standard InChI is InChI=1S/C18H22N4OS/c1-11-3-2-4-14(7-11)17-20-18(22-21-17)24-10-16(23)19-15-9-12-5-6-13(15)8-12/h2-4,7,12-13,15H,5-6,8-10H2,1H3,(H,19,23)(H,20,21,22)/t12-,13-,15+/m0/s1. The predicted octanol–water partition coefficient (Wildman–Crippen LogP) is 3.18. The molecule has 126 valence electrons. The van der Waals surface area contributed by atoms with Gasteiger partial charge in [-0.25, -0.2) is 4.98 Å². The number of nitrogens with zero attached hydrogens (tertiary/aromatic N) is 2. The van der Waals surface area contributed by atoms with Gasteiger partial charge in [0.2, 0.25) is 11.1 Å². The fourth-order valence-electron chi connectivity index (χ4n) is 4.03. The zero-order chi connectivity index (χ0) is 16.5. The highest BCUT2D eigenvalue weighted by molar-refractivity contribution is 7.99. The Balaban J connectivity index is 1.31. The van der Waals surface area contributed by atoms with Crippen LogP contribution in [0.25, 0.3) is 11.4 Å². The molecule has 2 saturated carbocycles. The van der Waals surface area contributed by atoms with Crippen LogP contribution in [0, 0.1) is 18.8 Å². The summed E-state index contributed by atoms with van der Waals surface area (Å²) in [6.45, 7) is 2.05. The lowest BCUT2D eigenvalue weighted by molar-refractivity contribution is -0.119. The summed E-state index contributed by atoms with van der Waals surface area (Å²) in [6, 6.07) is 8.52. The molecule has 1 aromatic heterocycles. The molecule has 2 N–H and O–H groups in total. The summed E-state index contributed by atoms with van der Waals surface area (Å²) in [7, 11) is 0. The minimum absolute atomic E-state index is 0.0967. The Labute approximate surface area is 146 Å². The number of aryl methyl sites for hydroxylation is 1. The summed E-state index contributed by atoms with van der Waals surface area (Å²) in [4.78, 5) is 16.7.